The van der Waals surface area contributed by atoms with Gasteiger partial charge in [0.1, 0.15) is 19.0 Å². The number of oxime groups is 1. The molecule has 0 aliphatic heterocycles. The third-order valence-corrected chi connectivity index (χ3v) is 3.54. The van der Waals surface area contributed by atoms with E-state index in [9.17, 15) is 18.0 Å². The van der Waals surface area contributed by atoms with Crippen LogP contribution in [0.4, 0.5) is 19.0 Å². The van der Waals surface area contributed by atoms with Crippen LogP contribution in [0.25, 0.3) is 0 Å². The Labute approximate surface area is 153 Å². The number of carboxylic acid groups (broad SMARTS) is 1. The normalized spacial score (nSPS) is 11.9. The molecule has 0 saturated carbocycles. The van der Waals surface area contributed by atoms with Crippen molar-refractivity contribution >= 4 is 17.5 Å². The van der Waals surface area contributed by atoms with E-state index < -0.39 is 17.7 Å². The molecule has 1 aromatic heterocycles. The Hall–Kier alpha value is -3.10. The van der Waals surface area contributed by atoms with Crippen LogP contribution in [-0.4, -0.2) is 28.3 Å². The molecule has 1 aromatic carbocycles. The number of hydrogen-bond acceptors (Lipinski definition) is 5. The van der Waals surface area contributed by atoms with Crippen LogP contribution in [0.5, 0.6) is 0 Å². The minimum atomic E-state index is -4.37. The summed E-state index contributed by atoms with van der Waals surface area (Å²) >= 11 is 0. The number of carbonyl (C=O) groups is 1. The van der Waals surface area contributed by atoms with E-state index in [2.05, 4.69) is 15.5 Å². The Kier molecular flexibility index (Phi) is 6.75. The van der Waals surface area contributed by atoms with Gasteiger partial charge in [0.2, 0.25) is 0 Å². The fourth-order valence-electron chi connectivity index (χ4n) is 2.13. The predicted molar refractivity (Wildman–Crippen MR) is 93.4 cm³/mol. The Bertz CT molecular complexity index is 788. The highest BCUT2D eigenvalue weighted by molar-refractivity contribution is 5.99. The molecule has 0 spiro atoms. The number of alkyl halides is 3. The van der Waals surface area contributed by atoms with E-state index >= 15 is 0 Å². The number of carboxylic acids is 1. The SMILES string of the molecule is CCC(=NOCc1ccc(C(F)(F)F)cc1)c1ccc(NCC(=O)O)nc1. The summed E-state index contributed by atoms with van der Waals surface area (Å²) in [5.74, 6) is -0.573. The highest BCUT2D eigenvalue weighted by Gasteiger charge is 2.29. The third kappa shape index (κ3) is 6.28. The van der Waals surface area contributed by atoms with Crippen molar-refractivity contribution in [2.24, 2.45) is 5.16 Å². The monoisotopic (exact) mass is 381 g/mol. The molecule has 0 aliphatic carbocycles. The van der Waals surface area contributed by atoms with Gasteiger partial charge in [0.25, 0.3) is 0 Å². The largest absolute Gasteiger partial charge is 0.480 e. The van der Waals surface area contributed by atoms with Crippen molar-refractivity contribution in [2.75, 3.05) is 11.9 Å². The molecule has 6 nitrogen and oxygen atoms in total. The quantitative estimate of drug-likeness (QED) is 0.535. The molecule has 0 unspecified atom stereocenters. The average Bonchev–Trinajstić information content (AvgIpc) is 2.64. The third-order valence-electron chi connectivity index (χ3n) is 3.54. The van der Waals surface area contributed by atoms with Gasteiger partial charge in [-0.2, -0.15) is 13.2 Å². The van der Waals surface area contributed by atoms with Crippen LogP contribution in [-0.2, 0) is 22.4 Å². The molecule has 9 heteroatoms. The van der Waals surface area contributed by atoms with Crippen LogP contribution in [0.1, 0.15) is 30.0 Å². The molecule has 0 atom stereocenters. The number of benzene rings is 1. The van der Waals surface area contributed by atoms with Crippen LogP contribution in [0.15, 0.2) is 47.8 Å². The van der Waals surface area contributed by atoms with Gasteiger partial charge < -0.3 is 15.3 Å². The highest BCUT2D eigenvalue weighted by Crippen LogP contribution is 2.29. The van der Waals surface area contributed by atoms with E-state index in [4.69, 9.17) is 9.94 Å². The zero-order chi connectivity index (χ0) is 19.9. The number of nitrogens with zero attached hydrogens (tertiary/aromatic N) is 2. The van der Waals surface area contributed by atoms with Gasteiger partial charge in [0.15, 0.2) is 0 Å². The number of rotatable bonds is 8. The Morgan fingerprint density at radius 2 is 1.93 bits per heavy atom. The predicted octanol–water partition coefficient (Wildman–Crippen LogP) is 3.93. The molecule has 0 fully saturated rings. The summed E-state index contributed by atoms with van der Waals surface area (Å²) in [4.78, 5) is 19.9. The Morgan fingerprint density at radius 3 is 2.44 bits per heavy atom. The first-order valence-corrected chi connectivity index (χ1v) is 8.06. The molecule has 0 bridgehead atoms. The van der Waals surface area contributed by atoms with Crippen molar-refractivity contribution in [2.45, 2.75) is 26.1 Å². The Morgan fingerprint density at radius 1 is 1.22 bits per heavy atom. The summed E-state index contributed by atoms with van der Waals surface area (Å²) < 4.78 is 37.6. The zero-order valence-electron chi connectivity index (χ0n) is 14.5. The molecule has 144 valence electrons. The average molecular weight is 381 g/mol. The van der Waals surface area contributed by atoms with Crippen molar-refractivity contribution in [1.29, 1.82) is 0 Å². The molecule has 0 saturated heterocycles. The topological polar surface area (TPSA) is 83.8 Å². The van der Waals surface area contributed by atoms with Crippen LogP contribution >= 0.6 is 0 Å². The minimum absolute atomic E-state index is 0.0350. The summed E-state index contributed by atoms with van der Waals surface area (Å²) in [7, 11) is 0. The van der Waals surface area contributed by atoms with Gasteiger partial charge in [-0.3, -0.25) is 4.79 Å². The Balaban J connectivity index is 1.96. The summed E-state index contributed by atoms with van der Waals surface area (Å²) in [6, 6.07) is 8.02. The fourth-order valence-corrected chi connectivity index (χ4v) is 2.13. The van der Waals surface area contributed by atoms with Crippen LogP contribution in [0.3, 0.4) is 0 Å². The van der Waals surface area contributed by atoms with Gasteiger partial charge in [-0.1, -0.05) is 24.2 Å². The molecule has 0 radical (unpaired) electrons. The van der Waals surface area contributed by atoms with Crippen molar-refractivity contribution in [1.82, 2.24) is 4.98 Å². The second-order valence-electron chi connectivity index (χ2n) is 5.54. The van der Waals surface area contributed by atoms with Gasteiger partial charge in [-0.25, -0.2) is 4.98 Å². The lowest BCUT2D eigenvalue weighted by atomic mass is 10.1. The smallest absolute Gasteiger partial charge is 0.416 e. The number of halogens is 3. The number of nitrogens with one attached hydrogen (secondary N) is 1. The first-order valence-electron chi connectivity index (χ1n) is 8.06. The van der Waals surface area contributed by atoms with Crippen molar-refractivity contribution in [3.63, 3.8) is 0 Å². The molecule has 2 rings (SSSR count). The highest BCUT2D eigenvalue weighted by atomic mass is 19.4. The lowest BCUT2D eigenvalue weighted by molar-refractivity contribution is -0.137. The number of pyridine rings is 1. The summed E-state index contributed by atoms with van der Waals surface area (Å²) in [6.07, 6.45) is -2.28. The van der Waals surface area contributed by atoms with E-state index in [1.807, 2.05) is 6.92 Å². The summed E-state index contributed by atoms with van der Waals surface area (Å²) in [6.45, 7) is 1.67. The van der Waals surface area contributed by atoms with E-state index in [1.165, 1.54) is 18.3 Å². The molecule has 0 amide bonds. The van der Waals surface area contributed by atoms with Crippen molar-refractivity contribution < 1.29 is 27.9 Å². The lowest BCUT2D eigenvalue weighted by Gasteiger charge is -2.08. The van der Waals surface area contributed by atoms with E-state index in [0.717, 1.165) is 12.1 Å². The van der Waals surface area contributed by atoms with Crippen LogP contribution in [0.2, 0.25) is 0 Å². The van der Waals surface area contributed by atoms with Gasteiger partial charge in [-0.05, 0) is 36.2 Å². The number of anilines is 1. The van der Waals surface area contributed by atoms with Gasteiger partial charge in [0.05, 0.1) is 11.3 Å². The number of aromatic nitrogens is 1. The van der Waals surface area contributed by atoms with E-state index in [-0.39, 0.29) is 13.2 Å². The van der Waals surface area contributed by atoms with Gasteiger partial charge in [-0.15, -0.1) is 0 Å². The molecule has 2 N–H and O–H groups in total. The van der Waals surface area contributed by atoms with Crippen molar-refractivity contribution in [3.8, 4) is 0 Å². The molecule has 27 heavy (non-hydrogen) atoms. The second kappa shape index (κ2) is 9.02. The fraction of sp³-hybridized carbons (Fsp3) is 0.278. The summed E-state index contributed by atoms with van der Waals surface area (Å²) in [5, 5.41) is 15.3. The lowest BCUT2D eigenvalue weighted by Crippen LogP contribution is -2.13. The van der Waals surface area contributed by atoms with Crippen molar-refractivity contribution in [3.05, 3.63) is 59.3 Å². The van der Waals surface area contributed by atoms with E-state index in [0.29, 0.717) is 29.1 Å². The zero-order valence-corrected chi connectivity index (χ0v) is 14.5. The summed E-state index contributed by atoms with van der Waals surface area (Å²) in [5.41, 5.74) is 1.16. The molecular formula is C18H18F3N3O3. The minimum Gasteiger partial charge on any atom is -0.480 e. The molecule has 0 aliphatic rings. The maximum absolute atomic E-state index is 12.5. The first kappa shape index (κ1) is 20.2. The molecular weight excluding hydrogens is 363 g/mol. The van der Waals surface area contributed by atoms with Gasteiger partial charge in [0, 0.05) is 11.8 Å². The van der Waals surface area contributed by atoms with Gasteiger partial charge >= 0.3 is 12.1 Å². The molecule has 1 heterocycles. The maximum Gasteiger partial charge on any atom is 0.416 e. The first-order chi connectivity index (χ1) is 12.8. The second-order valence-corrected chi connectivity index (χ2v) is 5.54. The van der Waals surface area contributed by atoms with Crippen LogP contribution < -0.4 is 5.32 Å². The maximum atomic E-state index is 12.5. The number of aliphatic carboxylic acids is 1. The molecule has 2 aromatic rings. The van der Waals surface area contributed by atoms with Crippen LogP contribution in [0, 0.1) is 0 Å². The number of hydrogen-bond donors (Lipinski definition) is 2. The standard InChI is InChI=1S/C18H18F3N3O3/c1-2-15(13-5-8-16(22-9-13)23-10-17(25)26)24-27-11-12-3-6-14(7-4-12)18(19,20)21/h3-9H,2,10-11H2,1H3,(H,22,23)(H,25,26). The van der Waals surface area contributed by atoms with E-state index in [1.54, 1.807) is 12.1 Å².